The molecule has 3 N–H and O–H groups in total. The third-order valence-corrected chi connectivity index (χ3v) is 3.12. The van der Waals surface area contributed by atoms with Gasteiger partial charge in [-0.25, -0.2) is 23.0 Å². The number of halogens is 2. The van der Waals surface area contributed by atoms with Gasteiger partial charge in [0, 0.05) is 4.47 Å². The van der Waals surface area contributed by atoms with E-state index in [1.807, 2.05) is 0 Å². The highest BCUT2D eigenvalue weighted by atomic mass is 79.9. The predicted octanol–water partition coefficient (Wildman–Crippen LogP) is 1.02. The minimum atomic E-state index is -3.98. The normalized spacial score (nSPS) is 11.7. The van der Waals surface area contributed by atoms with Gasteiger partial charge in [0.15, 0.2) is 5.82 Å². The summed E-state index contributed by atoms with van der Waals surface area (Å²) in [5.41, 5.74) is 0.0746. The van der Waals surface area contributed by atoms with Gasteiger partial charge in [-0.1, -0.05) is 15.9 Å². The summed E-state index contributed by atoms with van der Waals surface area (Å²) < 4.78 is 36.0. The SMILES string of the molecule is NS(=O)(=O)c1nc(-c2cc(Br)ccc2F)n[nH]1. The molecule has 0 aliphatic rings. The summed E-state index contributed by atoms with van der Waals surface area (Å²) in [7, 11) is -3.98. The van der Waals surface area contributed by atoms with Crippen molar-refractivity contribution in [3.05, 3.63) is 28.5 Å². The summed E-state index contributed by atoms with van der Waals surface area (Å²) in [6.07, 6.45) is 0. The molecule has 0 unspecified atom stereocenters. The van der Waals surface area contributed by atoms with Gasteiger partial charge in [-0.2, -0.15) is 10.1 Å². The molecular formula is C8H6BrFN4O2S. The fraction of sp³-hybridized carbons (Fsp3) is 0. The summed E-state index contributed by atoms with van der Waals surface area (Å²) in [5.74, 6) is -0.638. The fourth-order valence-corrected chi connectivity index (χ4v) is 1.91. The van der Waals surface area contributed by atoms with Crippen LogP contribution in [0.5, 0.6) is 0 Å². The maximum atomic E-state index is 13.5. The number of primary sulfonamides is 1. The van der Waals surface area contributed by atoms with E-state index >= 15 is 0 Å². The van der Waals surface area contributed by atoms with Gasteiger partial charge in [-0.15, -0.1) is 0 Å². The monoisotopic (exact) mass is 320 g/mol. The second-order valence-electron chi connectivity index (χ2n) is 3.13. The molecule has 90 valence electrons. The molecule has 1 heterocycles. The maximum absolute atomic E-state index is 13.5. The largest absolute Gasteiger partial charge is 0.273 e. The Hall–Kier alpha value is -1.32. The Balaban J connectivity index is 2.55. The molecule has 0 saturated carbocycles. The van der Waals surface area contributed by atoms with Crippen LogP contribution in [0.2, 0.25) is 0 Å². The summed E-state index contributed by atoms with van der Waals surface area (Å²) in [5, 5.41) is 10.1. The van der Waals surface area contributed by atoms with E-state index in [0.29, 0.717) is 4.47 Å². The van der Waals surface area contributed by atoms with Crippen molar-refractivity contribution in [2.75, 3.05) is 0 Å². The van der Waals surface area contributed by atoms with E-state index in [4.69, 9.17) is 5.14 Å². The lowest BCUT2D eigenvalue weighted by molar-refractivity contribution is 0.589. The lowest BCUT2D eigenvalue weighted by Gasteiger charge is -1.98. The minimum Gasteiger partial charge on any atom is -0.248 e. The fourth-order valence-electron chi connectivity index (χ4n) is 1.16. The molecule has 2 rings (SSSR count). The molecule has 9 heteroatoms. The van der Waals surface area contributed by atoms with Crippen LogP contribution in [0.15, 0.2) is 27.8 Å². The van der Waals surface area contributed by atoms with Gasteiger partial charge in [-0.05, 0) is 18.2 Å². The van der Waals surface area contributed by atoms with E-state index in [9.17, 15) is 12.8 Å². The topological polar surface area (TPSA) is 102 Å². The molecule has 0 radical (unpaired) electrons. The van der Waals surface area contributed by atoms with E-state index in [0.717, 1.165) is 0 Å². The first-order chi connectivity index (χ1) is 7.88. The first-order valence-corrected chi connectivity index (χ1v) is 6.62. The van der Waals surface area contributed by atoms with Crippen LogP contribution in [0, 0.1) is 5.82 Å². The lowest BCUT2D eigenvalue weighted by atomic mass is 10.2. The second kappa shape index (κ2) is 4.17. The Bertz CT molecular complexity index is 670. The Labute approximate surface area is 104 Å². The van der Waals surface area contributed by atoms with E-state index in [1.165, 1.54) is 18.2 Å². The van der Waals surface area contributed by atoms with E-state index in [1.54, 1.807) is 0 Å². The van der Waals surface area contributed by atoms with Crippen LogP contribution in [0.1, 0.15) is 0 Å². The number of H-pyrrole nitrogens is 1. The Morgan fingerprint density at radius 2 is 2.12 bits per heavy atom. The highest BCUT2D eigenvalue weighted by Gasteiger charge is 2.17. The number of nitrogens with one attached hydrogen (secondary N) is 1. The number of aromatic nitrogens is 3. The molecule has 0 atom stereocenters. The number of nitrogens with zero attached hydrogens (tertiary/aromatic N) is 2. The van der Waals surface area contributed by atoms with Crippen molar-refractivity contribution in [1.82, 2.24) is 15.2 Å². The molecule has 6 nitrogen and oxygen atoms in total. The smallest absolute Gasteiger partial charge is 0.248 e. The summed E-state index contributed by atoms with van der Waals surface area (Å²) in [6, 6.07) is 4.16. The molecular weight excluding hydrogens is 315 g/mol. The number of rotatable bonds is 2. The van der Waals surface area contributed by atoms with Gasteiger partial charge in [0.05, 0.1) is 5.56 Å². The molecule has 0 amide bonds. The molecule has 17 heavy (non-hydrogen) atoms. The van der Waals surface area contributed by atoms with Gasteiger partial charge in [0.2, 0.25) is 0 Å². The Morgan fingerprint density at radius 1 is 1.41 bits per heavy atom. The second-order valence-corrected chi connectivity index (χ2v) is 5.53. The van der Waals surface area contributed by atoms with E-state index in [-0.39, 0.29) is 11.4 Å². The number of aromatic amines is 1. The van der Waals surface area contributed by atoms with Crippen LogP contribution >= 0.6 is 15.9 Å². The van der Waals surface area contributed by atoms with Crippen molar-refractivity contribution in [2.45, 2.75) is 5.16 Å². The van der Waals surface area contributed by atoms with E-state index < -0.39 is 21.0 Å². The standard InChI is InChI=1S/C8H6BrFN4O2S/c9-4-1-2-6(10)5(3-4)7-12-8(14-13-7)17(11,15)16/h1-3H,(H2,11,15,16)(H,12,13,14). The number of nitrogens with two attached hydrogens (primary N) is 1. The number of sulfonamides is 1. The Morgan fingerprint density at radius 3 is 2.71 bits per heavy atom. The number of hydrogen-bond acceptors (Lipinski definition) is 4. The molecule has 1 aromatic heterocycles. The molecule has 0 aliphatic carbocycles. The van der Waals surface area contributed by atoms with Crippen molar-refractivity contribution in [1.29, 1.82) is 0 Å². The number of hydrogen-bond donors (Lipinski definition) is 2. The van der Waals surface area contributed by atoms with Gasteiger partial charge in [0.1, 0.15) is 5.82 Å². The van der Waals surface area contributed by atoms with Crippen molar-refractivity contribution in [2.24, 2.45) is 5.14 Å². The molecule has 0 aliphatic heterocycles. The van der Waals surface area contributed by atoms with Crippen molar-refractivity contribution in [3.8, 4) is 11.4 Å². The first-order valence-electron chi connectivity index (χ1n) is 4.28. The lowest BCUT2D eigenvalue weighted by Crippen LogP contribution is -2.13. The summed E-state index contributed by atoms with van der Waals surface area (Å²) in [6.45, 7) is 0. The average Bonchev–Trinajstić information content (AvgIpc) is 2.70. The third kappa shape index (κ3) is 2.51. The third-order valence-electron chi connectivity index (χ3n) is 1.90. The highest BCUT2D eigenvalue weighted by molar-refractivity contribution is 9.10. The van der Waals surface area contributed by atoms with Gasteiger partial charge in [0.25, 0.3) is 15.2 Å². The average molecular weight is 321 g/mol. The molecule has 0 fully saturated rings. The molecule has 2 aromatic rings. The van der Waals surface area contributed by atoms with Crippen LogP contribution < -0.4 is 5.14 Å². The van der Waals surface area contributed by atoms with Crippen LogP contribution in [0.4, 0.5) is 4.39 Å². The zero-order chi connectivity index (χ0) is 12.6. The molecule has 0 saturated heterocycles. The van der Waals surface area contributed by atoms with E-state index in [2.05, 4.69) is 31.1 Å². The predicted molar refractivity (Wildman–Crippen MR) is 60.8 cm³/mol. The van der Waals surface area contributed by atoms with Gasteiger partial charge >= 0.3 is 0 Å². The van der Waals surface area contributed by atoms with Crippen molar-refractivity contribution >= 4 is 26.0 Å². The Kier molecular flexibility index (Phi) is 2.98. The maximum Gasteiger partial charge on any atom is 0.273 e. The number of benzene rings is 1. The summed E-state index contributed by atoms with van der Waals surface area (Å²) >= 11 is 3.16. The van der Waals surface area contributed by atoms with Crippen LogP contribution in [-0.2, 0) is 10.0 Å². The zero-order valence-corrected chi connectivity index (χ0v) is 10.6. The summed E-state index contributed by atoms with van der Waals surface area (Å²) in [4.78, 5) is 3.61. The van der Waals surface area contributed by atoms with Crippen molar-refractivity contribution in [3.63, 3.8) is 0 Å². The van der Waals surface area contributed by atoms with Crippen molar-refractivity contribution < 1.29 is 12.8 Å². The zero-order valence-electron chi connectivity index (χ0n) is 8.18. The highest BCUT2D eigenvalue weighted by Crippen LogP contribution is 2.23. The molecule has 0 bridgehead atoms. The minimum absolute atomic E-state index is 0.0746. The van der Waals surface area contributed by atoms with Crippen LogP contribution in [-0.4, -0.2) is 23.6 Å². The van der Waals surface area contributed by atoms with Crippen LogP contribution in [0.3, 0.4) is 0 Å². The first kappa shape index (κ1) is 12.1. The molecule has 1 aromatic carbocycles. The molecule has 0 spiro atoms. The van der Waals surface area contributed by atoms with Gasteiger partial charge < -0.3 is 0 Å². The van der Waals surface area contributed by atoms with Crippen LogP contribution in [0.25, 0.3) is 11.4 Å². The van der Waals surface area contributed by atoms with Gasteiger partial charge in [-0.3, -0.25) is 0 Å². The quantitative estimate of drug-likeness (QED) is 0.862.